The van der Waals surface area contributed by atoms with Crippen molar-refractivity contribution in [1.29, 1.82) is 0 Å². The van der Waals surface area contributed by atoms with E-state index in [2.05, 4.69) is 29.4 Å². The molecule has 1 aliphatic heterocycles. The molecule has 0 radical (unpaired) electrons. The van der Waals surface area contributed by atoms with Crippen LogP contribution < -0.4 is 0 Å². The average molecular weight is 186 g/mol. The second-order valence-corrected chi connectivity index (χ2v) is 3.36. The van der Waals surface area contributed by atoms with Crippen LogP contribution >= 0.6 is 0 Å². The molecule has 0 saturated carbocycles. The van der Waals surface area contributed by atoms with E-state index in [-0.39, 0.29) is 0 Å². The van der Waals surface area contributed by atoms with Gasteiger partial charge >= 0.3 is 0 Å². The van der Waals surface area contributed by atoms with E-state index in [4.69, 9.17) is 4.74 Å². The molecule has 1 aromatic carbocycles. The Morgan fingerprint density at radius 3 is 2.64 bits per heavy atom. The van der Waals surface area contributed by atoms with Crippen LogP contribution in [0.2, 0.25) is 0 Å². The fourth-order valence-electron chi connectivity index (χ4n) is 1.50. The molecule has 1 aromatic heterocycles. The number of rotatable bonds is 2. The summed E-state index contributed by atoms with van der Waals surface area (Å²) >= 11 is 0. The van der Waals surface area contributed by atoms with Crippen molar-refractivity contribution in [3.05, 3.63) is 48.3 Å². The van der Waals surface area contributed by atoms with Crippen LogP contribution in [0.5, 0.6) is 0 Å². The van der Waals surface area contributed by atoms with Crippen LogP contribution in [-0.2, 0) is 4.74 Å². The van der Waals surface area contributed by atoms with Crippen LogP contribution in [0.1, 0.15) is 11.7 Å². The highest BCUT2D eigenvalue weighted by Gasteiger charge is 2.24. The monoisotopic (exact) mass is 186 g/mol. The molecule has 1 fully saturated rings. The minimum atomic E-state index is 0.335. The summed E-state index contributed by atoms with van der Waals surface area (Å²) < 4.78 is 7.05. The van der Waals surface area contributed by atoms with Crippen molar-refractivity contribution in [2.45, 2.75) is 6.10 Å². The maximum absolute atomic E-state index is 5.20. The van der Waals surface area contributed by atoms with E-state index < -0.39 is 0 Å². The maximum Gasteiger partial charge on any atom is 0.106 e. The fraction of sp³-hybridized carbons (Fsp3) is 0.182. The molecule has 2 aromatic rings. The molecule has 70 valence electrons. The second-order valence-electron chi connectivity index (χ2n) is 3.36. The van der Waals surface area contributed by atoms with Crippen molar-refractivity contribution in [1.82, 2.24) is 9.78 Å². The lowest BCUT2D eigenvalue weighted by molar-refractivity contribution is 0.415. The summed E-state index contributed by atoms with van der Waals surface area (Å²) in [6, 6.07) is 10.2. The van der Waals surface area contributed by atoms with Gasteiger partial charge in [0.05, 0.1) is 12.3 Å². The highest BCUT2D eigenvalue weighted by atomic mass is 16.6. The largest absolute Gasteiger partial charge is 0.368 e. The van der Waals surface area contributed by atoms with E-state index in [1.807, 2.05) is 16.9 Å². The fourth-order valence-corrected chi connectivity index (χ4v) is 1.50. The Morgan fingerprint density at radius 2 is 2.07 bits per heavy atom. The van der Waals surface area contributed by atoms with Gasteiger partial charge in [0.25, 0.3) is 0 Å². The Kier molecular flexibility index (Phi) is 1.64. The highest BCUT2D eigenvalue weighted by molar-refractivity contribution is 5.35. The van der Waals surface area contributed by atoms with Crippen molar-refractivity contribution in [2.24, 2.45) is 0 Å². The number of benzene rings is 1. The first-order chi connectivity index (χ1) is 6.93. The van der Waals surface area contributed by atoms with Gasteiger partial charge in [-0.05, 0) is 23.8 Å². The van der Waals surface area contributed by atoms with Crippen molar-refractivity contribution in [3.8, 4) is 5.69 Å². The minimum absolute atomic E-state index is 0.335. The van der Waals surface area contributed by atoms with Crippen LogP contribution in [0.25, 0.3) is 5.69 Å². The normalized spacial score (nSPS) is 19.6. The summed E-state index contributed by atoms with van der Waals surface area (Å²) in [4.78, 5) is 0. The van der Waals surface area contributed by atoms with Gasteiger partial charge < -0.3 is 4.74 Å². The molecule has 3 nitrogen and oxygen atoms in total. The maximum atomic E-state index is 5.20. The predicted molar refractivity (Wildman–Crippen MR) is 52.3 cm³/mol. The Morgan fingerprint density at radius 1 is 1.29 bits per heavy atom. The van der Waals surface area contributed by atoms with Gasteiger partial charge in [-0.25, -0.2) is 4.68 Å². The first-order valence-electron chi connectivity index (χ1n) is 4.65. The quantitative estimate of drug-likeness (QED) is 0.671. The van der Waals surface area contributed by atoms with Crippen LogP contribution in [0.4, 0.5) is 0 Å². The summed E-state index contributed by atoms with van der Waals surface area (Å²) in [5, 5.41) is 4.16. The Labute approximate surface area is 81.9 Å². The topological polar surface area (TPSA) is 30.4 Å². The Hall–Kier alpha value is -1.61. The van der Waals surface area contributed by atoms with Gasteiger partial charge in [-0.1, -0.05) is 12.1 Å². The number of nitrogens with zero attached hydrogens (tertiary/aromatic N) is 2. The summed E-state index contributed by atoms with van der Waals surface area (Å²) in [7, 11) is 0. The molecule has 0 bridgehead atoms. The summed E-state index contributed by atoms with van der Waals surface area (Å²) in [5.41, 5.74) is 2.33. The molecule has 2 heterocycles. The van der Waals surface area contributed by atoms with E-state index in [1.165, 1.54) is 5.56 Å². The third-order valence-corrected chi connectivity index (χ3v) is 2.37. The van der Waals surface area contributed by atoms with Gasteiger partial charge in [0.1, 0.15) is 6.10 Å². The predicted octanol–water partition coefficient (Wildman–Crippen LogP) is 1.94. The van der Waals surface area contributed by atoms with E-state index in [1.54, 1.807) is 6.20 Å². The lowest BCUT2D eigenvalue weighted by Gasteiger charge is -2.01. The standard InChI is InChI=1S/C11H10N2O/c1-6-12-13(7-1)10-4-2-9(3-5-10)11-8-14-11/h1-7,11H,8H2/t11-/m1/s1. The molecule has 1 atom stereocenters. The van der Waals surface area contributed by atoms with Crippen LogP contribution in [-0.4, -0.2) is 16.4 Å². The zero-order valence-corrected chi connectivity index (χ0v) is 7.63. The van der Waals surface area contributed by atoms with E-state index in [9.17, 15) is 0 Å². The molecule has 0 amide bonds. The van der Waals surface area contributed by atoms with Crippen LogP contribution in [0, 0.1) is 0 Å². The summed E-state index contributed by atoms with van der Waals surface area (Å²) in [6.07, 6.45) is 4.04. The van der Waals surface area contributed by atoms with Crippen molar-refractivity contribution < 1.29 is 4.74 Å². The van der Waals surface area contributed by atoms with Crippen molar-refractivity contribution in [3.63, 3.8) is 0 Å². The Bertz CT molecular complexity index is 415. The molecule has 0 aliphatic carbocycles. The van der Waals surface area contributed by atoms with Crippen molar-refractivity contribution >= 4 is 0 Å². The zero-order valence-electron chi connectivity index (χ0n) is 7.63. The molecule has 0 N–H and O–H groups in total. The first kappa shape index (κ1) is 7.76. The first-order valence-corrected chi connectivity index (χ1v) is 4.65. The SMILES string of the molecule is c1cnn(-c2ccc([C@H]3CO3)cc2)c1. The van der Waals surface area contributed by atoms with Crippen LogP contribution in [0.15, 0.2) is 42.7 Å². The molecule has 0 spiro atoms. The molecule has 3 rings (SSSR count). The van der Waals surface area contributed by atoms with Gasteiger partial charge in [0.15, 0.2) is 0 Å². The number of aromatic nitrogens is 2. The highest BCUT2D eigenvalue weighted by Crippen LogP contribution is 2.29. The van der Waals surface area contributed by atoms with Gasteiger partial charge in [0, 0.05) is 12.4 Å². The third-order valence-electron chi connectivity index (χ3n) is 2.37. The lowest BCUT2D eigenvalue weighted by atomic mass is 10.1. The summed E-state index contributed by atoms with van der Waals surface area (Å²) in [5.74, 6) is 0. The van der Waals surface area contributed by atoms with Crippen molar-refractivity contribution in [2.75, 3.05) is 6.61 Å². The summed E-state index contributed by atoms with van der Waals surface area (Å²) in [6.45, 7) is 0.862. The second kappa shape index (κ2) is 2.96. The van der Waals surface area contributed by atoms with Gasteiger partial charge in [-0.2, -0.15) is 5.10 Å². The molecular weight excluding hydrogens is 176 g/mol. The third kappa shape index (κ3) is 1.32. The molecule has 1 aliphatic rings. The van der Waals surface area contributed by atoms with Gasteiger partial charge in [-0.15, -0.1) is 0 Å². The van der Waals surface area contributed by atoms with Crippen LogP contribution in [0.3, 0.4) is 0 Å². The number of ether oxygens (including phenoxy) is 1. The van der Waals surface area contributed by atoms with E-state index in [0.717, 1.165) is 12.3 Å². The number of hydrogen-bond donors (Lipinski definition) is 0. The number of hydrogen-bond acceptors (Lipinski definition) is 2. The molecule has 14 heavy (non-hydrogen) atoms. The molecule has 0 unspecified atom stereocenters. The number of epoxide rings is 1. The molecule has 1 saturated heterocycles. The molecule has 3 heteroatoms. The minimum Gasteiger partial charge on any atom is -0.368 e. The Balaban J connectivity index is 1.93. The average Bonchev–Trinajstić information content (AvgIpc) is 2.94. The van der Waals surface area contributed by atoms with E-state index in [0.29, 0.717) is 6.10 Å². The molecular formula is C11H10N2O. The lowest BCUT2D eigenvalue weighted by Crippen LogP contribution is -1.93. The smallest absolute Gasteiger partial charge is 0.106 e. The van der Waals surface area contributed by atoms with Gasteiger partial charge in [-0.3, -0.25) is 0 Å². The van der Waals surface area contributed by atoms with E-state index >= 15 is 0 Å². The van der Waals surface area contributed by atoms with Gasteiger partial charge in [0.2, 0.25) is 0 Å². The zero-order chi connectivity index (χ0) is 9.38.